The van der Waals surface area contributed by atoms with Gasteiger partial charge in [0.25, 0.3) is 11.8 Å². The van der Waals surface area contributed by atoms with Crippen LogP contribution < -0.4 is 37.0 Å². The van der Waals surface area contributed by atoms with Crippen LogP contribution in [0.2, 0.25) is 0 Å². The number of nitrogens with one attached hydrogen (secondary N) is 5. The molecule has 5 heterocycles. The van der Waals surface area contributed by atoms with E-state index in [2.05, 4.69) is 46.5 Å². The normalized spacial score (nSPS) is 15.0. The summed E-state index contributed by atoms with van der Waals surface area (Å²) in [4.78, 5) is 81.3. The molecule has 8 rings (SSSR count). The number of piperidine rings is 1. The molecule has 1 atom stereocenters. The quantitative estimate of drug-likeness (QED) is 0.0694. The Morgan fingerprint density at radius 3 is 2.44 bits per heavy atom. The number of anilines is 4. The Balaban J connectivity index is 0.924. The summed E-state index contributed by atoms with van der Waals surface area (Å²) in [7, 11) is 3.16. The minimum absolute atomic E-state index is 0.100. The highest BCUT2D eigenvalue weighted by molar-refractivity contribution is 6.02. The number of fused-ring (bicyclic) bond motifs is 1. The fraction of sp³-hybridized carbons (Fsp3) is 0.279. The molecule has 1 saturated heterocycles. The van der Waals surface area contributed by atoms with Gasteiger partial charge in [-0.25, -0.2) is 29.1 Å². The number of rotatable bonds is 15. The number of imide groups is 1. The summed E-state index contributed by atoms with van der Waals surface area (Å²) < 4.78 is 22.3. The van der Waals surface area contributed by atoms with Crippen molar-refractivity contribution in [3.8, 4) is 17.1 Å². The fourth-order valence-electron chi connectivity index (χ4n) is 7.39. The topological polar surface area (TPSA) is 216 Å². The molecule has 17 nitrogen and oxygen atoms in total. The van der Waals surface area contributed by atoms with Crippen molar-refractivity contribution in [2.75, 3.05) is 24.3 Å². The summed E-state index contributed by atoms with van der Waals surface area (Å²) >= 11 is 0. The predicted molar refractivity (Wildman–Crippen MR) is 223 cm³/mol. The van der Waals surface area contributed by atoms with Crippen LogP contribution in [0.25, 0.3) is 22.4 Å². The van der Waals surface area contributed by atoms with Gasteiger partial charge in [0, 0.05) is 50.1 Å². The van der Waals surface area contributed by atoms with Gasteiger partial charge in [-0.05, 0) is 74.4 Å². The van der Waals surface area contributed by atoms with E-state index in [-0.39, 0.29) is 53.7 Å². The van der Waals surface area contributed by atoms with Crippen LogP contribution in [-0.4, -0.2) is 72.4 Å². The van der Waals surface area contributed by atoms with Crippen LogP contribution in [0.3, 0.4) is 0 Å². The Hall–Kier alpha value is -7.50. The average molecular weight is 828 g/mol. The molecular formula is C43H42FN11O6. The zero-order chi connectivity index (χ0) is 42.6. The number of amides is 4. The lowest BCUT2D eigenvalue weighted by molar-refractivity contribution is -0.135. The minimum atomic E-state index is -0.759. The molecule has 2 aliphatic rings. The van der Waals surface area contributed by atoms with Gasteiger partial charge in [-0.1, -0.05) is 18.2 Å². The molecule has 1 saturated carbocycles. The third-order valence-electron chi connectivity index (χ3n) is 10.6. The highest BCUT2D eigenvalue weighted by atomic mass is 19.1. The van der Waals surface area contributed by atoms with Gasteiger partial charge in [0.15, 0.2) is 17.4 Å². The number of aryl methyl sites for hydroxylation is 2. The zero-order valence-corrected chi connectivity index (χ0v) is 33.3. The molecule has 1 aliphatic carbocycles. The van der Waals surface area contributed by atoms with Gasteiger partial charge in [-0.3, -0.25) is 33.6 Å². The van der Waals surface area contributed by atoms with Crippen molar-refractivity contribution in [1.29, 1.82) is 0 Å². The molecule has 18 heteroatoms. The summed E-state index contributed by atoms with van der Waals surface area (Å²) in [6.45, 7) is 0.398. The number of carbonyl (C=O) groups is 4. The number of methoxy groups -OCH3 is 1. The van der Waals surface area contributed by atoms with Gasteiger partial charge in [-0.2, -0.15) is 0 Å². The van der Waals surface area contributed by atoms with E-state index in [4.69, 9.17) is 4.74 Å². The SMILES string of the molecule is COc1c(Nc2cc(Nc3cc(C(=O)NCCCCc4cccc5c4n(C)c(=O)n5C4CCC(=O)NC4=O)ccn3)ncc2C(=O)NC2CC2)cccc1-c1ncc(F)cn1. The van der Waals surface area contributed by atoms with E-state index in [1.165, 1.54) is 24.1 Å². The Morgan fingerprint density at radius 1 is 0.885 bits per heavy atom. The summed E-state index contributed by atoms with van der Waals surface area (Å²) in [5.41, 5.74) is 4.06. The van der Waals surface area contributed by atoms with Crippen LogP contribution in [0.5, 0.6) is 5.75 Å². The number of pyridine rings is 2. The lowest BCUT2D eigenvalue weighted by atomic mass is 10.0. The maximum atomic E-state index is 13.6. The Kier molecular flexibility index (Phi) is 11.5. The number of nitrogens with zero attached hydrogens (tertiary/aromatic N) is 6. The van der Waals surface area contributed by atoms with Crippen molar-refractivity contribution in [2.24, 2.45) is 7.05 Å². The first-order chi connectivity index (χ1) is 29.6. The molecule has 0 bridgehead atoms. The number of halogens is 1. The molecule has 4 aromatic heterocycles. The maximum absolute atomic E-state index is 13.6. The summed E-state index contributed by atoms with van der Waals surface area (Å²) in [5, 5.41) is 14.7. The number of hydrogen-bond acceptors (Lipinski definition) is 12. The molecule has 6 aromatic rings. The van der Waals surface area contributed by atoms with Crippen molar-refractivity contribution in [3.63, 3.8) is 0 Å². The van der Waals surface area contributed by atoms with E-state index < -0.39 is 17.8 Å². The lowest BCUT2D eigenvalue weighted by Gasteiger charge is -2.21. The fourth-order valence-corrected chi connectivity index (χ4v) is 7.39. The van der Waals surface area contributed by atoms with Crippen molar-refractivity contribution in [2.45, 2.75) is 57.0 Å². The molecule has 312 valence electrons. The molecular weight excluding hydrogens is 786 g/mol. The molecule has 61 heavy (non-hydrogen) atoms. The third-order valence-corrected chi connectivity index (χ3v) is 10.6. The van der Waals surface area contributed by atoms with E-state index >= 15 is 0 Å². The average Bonchev–Trinajstić information content (AvgIpc) is 4.04. The van der Waals surface area contributed by atoms with Gasteiger partial charge >= 0.3 is 5.69 Å². The van der Waals surface area contributed by atoms with Gasteiger partial charge in [0.2, 0.25) is 11.8 Å². The molecule has 1 aliphatic heterocycles. The van der Waals surface area contributed by atoms with Crippen LogP contribution in [0.15, 0.2) is 84.2 Å². The number of imidazole rings is 1. The van der Waals surface area contributed by atoms with Crippen LogP contribution in [0.1, 0.15) is 70.8 Å². The van der Waals surface area contributed by atoms with Gasteiger partial charge in [0.05, 0.1) is 53.0 Å². The van der Waals surface area contributed by atoms with Gasteiger partial charge in [-0.15, -0.1) is 0 Å². The minimum Gasteiger partial charge on any atom is -0.494 e. The highest BCUT2D eigenvalue weighted by Crippen LogP contribution is 2.38. The van der Waals surface area contributed by atoms with E-state index in [0.29, 0.717) is 71.2 Å². The van der Waals surface area contributed by atoms with Gasteiger partial charge in [0.1, 0.15) is 17.7 Å². The van der Waals surface area contributed by atoms with Crippen molar-refractivity contribution < 1.29 is 28.3 Å². The third kappa shape index (κ3) is 8.78. The number of unbranched alkanes of at least 4 members (excludes halogenated alkanes) is 1. The molecule has 0 spiro atoms. The second-order valence-electron chi connectivity index (χ2n) is 14.8. The number of carbonyl (C=O) groups excluding carboxylic acids is 4. The molecule has 2 aromatic carbocycles. The van der Waals surface area contributed by atoms with E-state index in [0.717, 1.165) is 36.3 Å². The van der Waals surface area contributed by atoms with E-state index in [9.17, 15) is 28.4 Å². The van der Waals surface area contributed by atoms with Crippen LogP contribution in [0, 0.1) is 5.82 Å². The van der Waals surface area contributed by atoms with Gasteiger partial charge < -0.3 is 26.0 Å². The van der Waals surface area contributed by atoms with Crippen LogP contribution in [-0.2, 0) is 23.1 Å². The van der Waals surface area contributed by atoms with Crippen LogP contribution in [0.4, 0.5) is 27.4 Å². The summed E-state index contributed by atoms with van der Waals surface area (Å²) in [6, 6.07) is 15.1. The van der Waals surface area contributed by atoms with Crippen molar-refractivity contribution in [3.05, 3.63) is 112 Å². The summed E-state index contributed by atoms with van der Waals surface area (Å²) in [5.74, 6) is -0.678. The molecule has 4 amide bonds. The Morgan fingerprint density at radius 2 is 1.67 bits per heavy atom. The van der Waals surface area contributed by atoms with E-state index in [1.54, 1.807) is 48.0 Å². The second-order valence-corrected chi connectivity index (χ2v) is 14.8. The molecule has 5 N–H and O–H groups in total. The maximum Gasteiger partial charge on any atom is 0.329 e. The van der Waals surface area contributed by atoms with Crippen LogP contribution >= 0.6 is 0 Å². The Bertz CT molecular complexity index is 2730. The first-order valence-corrected chi connectivity index (χ1v) is 19.8. The Labute approximate surface area is 348 Å². The molecule has 1 unspecified atom stereocenters. The van der Waals surface area contributed by atoms with E-state index in [1.807, 2.05) is 18.2 Å². The standard InChI is InChI=1S/C43H42FN11O6/c1-54-37-24(8-5-11-32(37)55(43(54)60)33-14-15-36(56)53-42(33)59)7-3-4-17-46-40(57)25-16-18-45-34(19-25)52-35-20-31(29(23-47-35)41(58)50-27-12-13-27)51-30-10-6-9-28(38(30)61-2)39-48-21-26(44)22-49-39/h5-6,8-11,16,18-23,27,33H,3-4,7,12-15,17H2,1-2H3,(H,46,57)(H,50,58)(H,53,56,59)(H2,45,47,51,52). The zero-order valence-electron chi connectivity index (χ0n) is 33.3. The highest BCUT2D eigenvalue weighted by Gasteiger charge is 2.32. The van der Waals surface area contributed by atoms with Crippen molar-refractivity contribution in [1.82, 2.24) is 45.0 Å². The number of hydrogen-bond donors (Lipinski definition) is 5. The number of aromatic nitrogens is 6. The lowest BCUT2D eigenvalue weighted by Crippen LogP contribution is -2.44. The summed E-state index contributed by atoms with van der Waals surface area (Å²) in [6.07, 6.45) is 9.33. The number of ether oxygens (including phenoxy) is 1. The molecule has 0 radical (unpaired) electrons. The monoisotopic (exact) mass is 827 g/mol. The largest absolute Gasteiger partial charge is 0.494 e. The number of benzene rings is 2. The second kappa shape index (κ2) is 17.4. The number of para-hydroxylation sites is 2. The predicted octanol–water partition coefficient (Wildman–Crippen LogP) is 4.84. The first-order valence-electron chi connectivity index (χ1n) is 19.8. The molecule has 2 fully saturated rings. The first kappa shape index (κ1) is 40.3. The van der Waals surface area contributed by atoms with Crippen molar-refractivity contribution >= 4 is 57.7 Å². The smallest absolute Gasteiger partial charge is 0.329 e.